The average Bonchev–Trinajstić information content (AvgIpc) is 2.19. The van der Waals surface area contributed by atoms with Crippen LogP contribution in [0.25, 0.3) is 0 Å². The molecule has 1 aromatic heterocycles. The first-order valence-corrected chi connectivity index (χ1v) is 4.26. The van der Waals surface area contributed by atoms with Gasteiger partial charge in [-0.25, -0.2) is 14.8 Å². The molecule has 0 N–H and O–H groups in total. The fraction of sp³-hybridized carbons (Fsp3) is 0.444. The molecule has 0 unspecified atom stereocenters. The molecule has 1 heterocycles. The van der Waals surface area contributed by atoms with Crippen molar-refractivity contribution in [3.05, 3.63) is 23.8 Å². The van der Waals surface area contributed by atoms with Gasteiger partial charge in [0.1, 0.15) is 6.61 Å². The van der Waals surface area contributed by atoms with Crippen LogP contribution in [0.1, 0.15) is 23.2 Å². The first kappa shape index (κ1) is 10.6. The number of rotatable bonds is 4. The summed E-state index contributed by atoms with van der Waals surface area (Å²) >= 11 is 0. The van der Waals surface area contributed by atoms with Crippen molar-refractivity contribution in [1.29, 1.82) is 0 Å². The van der Waals surface area contributed by atoms with E-state index in [4.69, 9.17) is 9.47 Å². The maximum atomic E-state index is 11.2. The van der Waals surface area contributed by atoms with Crippen LogP contribution in [0.15, 0.2) is 12.3 Å². The molecule has 14 heavy (non-hydrogen) atoms. The molecule has 0 fully saturated rings. The summed E-state index contributed by atoms with van der Waals surface area (Å²) in [6.45, 7) is 2.37. The van der Waals surface area contributed by atoms with Gasteiger partial charge in [0, 0.05) is 13.3 Å². The molecule has 0 spiro atoms. The van der Waals surface area contributed by atoms with Gasteiger partial charge in [-0.1, -0.05) is 0 Å². The summed E-state index contributed by atoms with van der Waals surface area (Å²) in [6, 6.07) is 1.51. The molecule has 0 aliphatic carbocycles. The zero-order chi connectivity index (χ0) is 10.4. The smallest absolute Gasteiger partial charge is 0.357 e. The second kappa shape index (κ2) is 5.29. The van der Waals surface area contributed by atoms with E-state index in [1.54, 1.807) is 14.0 Å². The molecule has 0 aliphatic rings. The van der Waals surface area contributed by atoms with Gasteiger partial charge in [-0.05, 0) is 13.0 Å². The molecule has 1 aromatic rings. The van der Waals surface area contributed by atoms with E-state index in [1.807, 2.05) is 0 Å². The van der Waals surface area contributed by atoms with E-state index in [9.17, 15) is 4.79 Å². The van der Waals surface area contributed by atoms with Gasteiger partial charge in [-0.2, -0.15) is 0 Å². The number of esters is 1. The third kappa shape index (κ3) is 2.77. The number of hydrogen-bond donors (Lipinski definition) is 0. The number of aromatic nitrogens is 2. The minimum absolute atomic E-state index is 0.258. The standard InChI is InChI=1S/C9H12N2O3/c1-3-14-9(12)7-4-5-10-8(11-7)6-13-2/h4-5H,3,6H2,1-2H3. The zero-order valence-corrected chi connectivity index (χ0v) is 8.19. The van der Waals surface area contributed by atoms with Crippen molar-refractivity contribution in [2.75, 3.05) is 13.7 Å². The highest BCUT2D eigenvalue weighted by molar-refractivity contribution is 5.87. The molecule has 0 radical (unpaired) electrons. The fourth-order valence-electron chi connectivity index (χ4n) is 0.916. The lowest BCUT2D eigenvalue weighted by Crippen LogP contribution is -2.09. The van der Waals surface area contributed by atoms with Gasteiger partial charge < -0.3 is 9.47 Å². The SMILES string of the molecule is CCOC(=O)c1ccnc(COC)n1. The van der Waals surface area contributed by atoms with Crippen LogP contribution >= 0.6 is 0 Å². The predicted octanol–water partition coefficient (Wildman–Crippen LogP) is 0.800. The van der Waals surface area contributed by atoms with Crippen LogP contribution in [0.2, 0.25) is 0 Å². The molecule has 0 amide bonds. The van der Waals surface area contributed by atoms with Crippen molar-refractivity contribution in [2.45, 2.75) is 13.5 Å². The number of nitrogens with zero attached hydrogens (tertiary/aromatic N) is 2. The minimum Gasteiger partial charge on any atom is -0.461 e. The summed E-state index contributed by atoms with van der Waals surface area (Å²) in [6.07, 6.45) is 1.51. The van der Waals surface area contributed by atoms with Crippen LogP contribution in [-0.4, -0.2) is 29.7 Å². The van der Waals surface area contributed by atoms with Gasteiger partial charge >= 0.3 is 5.97 Å². The van der Waals surface area contributed by atoms with Gasteiger partial charge in [0.15, 0.2) is 11.5 Å². The summed E-state index contributed by atoms with van der Waals surface area (Å²) in [5, 5.41) is 0. The van der Waals surface area contributed by atoms with Crippen LogP contribution in [0.3, 0.4) is 0 Å². The Morgan fingerprint density at radius 3 is 3.00 bits per heavy atom. The Kier molecular flexibility index (Phi) is 4.00. The molecule has 76 valence electrons. The van der Waals surface area contributed by atoms with E-state index in [-0.39, 0.29) is 12.3 Å². The Hall–Kier alpha value is -1.49. The van der Waals surface area contributed by atoms with Crippen molar-refractivity contribution in [1.82, 2.24) is 9.97 Å². The second-order valence-corrected chi connectivity index (χ2v) is 2.51. The molecule has 0 saturated heterocycles. The van der Waals surface area contributed by atoms with Crippen LogP contribution in [0.5, 0.6) is 0 Å². The van der Waals surface area contributed by atoms with E-state index in [0.29, 0.717) is 12.4 Å². The van der Waals surface area contributed by atoms with Crippen molar-refractivity contribution >= 4 is 5.97 Å². The largest absolute Gasteiger partial charge is 0.461 e. The summed E-state index contributed by atoms with van der Waals surface area (Å²) in [5.74, 6) is 0.0327. The van der Waals surface area contributed by atoms with E-state index in [1.165, 1.54) is 12.3 Å². The normalized spacial score (nSPS) is 9.86. The van der Waals surface area contributed by atoms with E-state index in [2.05, 4.69) is 9.97 Å². The molecule has 0 saturated carbocycles. The first-order valence-electron chi connectivity index (χ1n) is 4.26. The van der Waals surface area contributed by atoms with Crippen LogP contribution < -0.4 is 0 Å². The van der Waals surface area contributed by atoms with Gasteiger partial charge in [-0.15, -0.1) is 0 Å². The molecular weight excluding hydrogens is 184 g/mol. The van der Waals surface area contributed by atoms with Gasteiger partial charge in [0.25, 0.3) is 0 Å². The van der Waals surface area contributed by atoms with Gasteiger partial charge in [0.05, 0.1) is 6.61 Å². The summed E-state index contributed by atoms with van der Waals surface area (Å²) in [5.41, 5.74) is 0.258. The molecule has 0 aromatic carbocycles. The number of ether oxygens (including phenoxy) is 2. The Balaban J connectivity index is 2.77. The molecule has 1 rings (SSSR count). The topological polar surface area (TPSA) is 61.3 Å². The third-order valence-corrected chi connectivity index (χ3v) is 1.46. The summed E-state index contributed by atoms with van der Waals surface area (Å²) < 4.78 is 9.64. The maximum Gasteiger partial charge on any atom is 0.357 e. The first-order chi connectivity index (χ1) is 6.77. The highest BCUT2D eigenvalue weighted by Crippen LogP contribution is 1.99. The van der Waals surface area contributed by atoms with Crippen molar-refractivity contribution in [2.24, 2.45) is 0 Å². The number of methoxy groups -OCH3 is 1. The lowest BCUT2D eigenvalue weighted by atomic mass is 10.4. The van der Waals surface area contributed by atoms with Gasteiger partial charge in [-0.3, -0.25) is 0 Å². The van der Waals surface area contributed by atoms with Crippen molar-refractivity contribution in [3.63, 3.8) is 0 Å². The average molecular weight is 196 g/mol. The summed E-state index contributed by atoms with van der Waals surface area (Å²) in [7, 11) is 1.54. The molecule has 0 atom stereocenters. The summed E-state index contributed by atoms with van der Waals surface area (Å²) in [4.78, 5) is 19.1. The third-order valence-electron chi connectivity index (χ3n) is 1.46. The van der Waals surface area contributed by atoms with Gasteiger partial charge in [0.2, 0.25) is 0 Å². The number of carbonyl (C=O) groups is 1. The maximum absolute atomic E-state index is 11.2. The lowest BCUT2D eigenvalue weighted by molar-refractivity contribution is 0.0518. The van der Waals surface area contributed by atoms with E-state index in [0.717, 1.165) is 0 Å². The monoisotopic (exact) mass is 196 g/mol. The second-order valence-electron chi connectivity index (χ2n) is 2.51. The molecule has 0 aliphatic heterocycles. The fourth-order valence-corrected chi connectivity index (χ4v) is 0.916. The Bertz CT molecular complexity index is 315. The zero-order valence-electron chi connectivity index (χ0n) is 8.19. The highest BCUT2D eigenvalue weighted by atomic mass is 16.5. The Morgan fingerprint density at radius 1 is 1.57 bits per heavy atom. The predicted molar refractivity (Wildman–Crippen MR) is 48.7 cm³/mol. The van der Waals surface area contributed by atoms with E-state index < -0.39 is 5.97 Å². The molecular formula is C9H12N2O3. The van der Waals surface area contributed by atoms with Crippen LogP contribution in [-0.2, 0) is 16.1 Å². The minimum atomic E-state index is -0.438. The number of hydrogen-bond acceptors (Lipinski definition) is 5. The highest BCUT2D eigenvalue weighted by Gasteiger charge is 2.08. The van der Waals surface area contributed by atoms with Crippen LogP contribution in [0, 0.1) is 0 Å². The van der Waals surface area contributed by atoms with E-state index >= 15 is 0 Å². The number of carbonyl (C=O) groups excluding carboxylic acids is 1. The lowest BCUT2D eigenvalue weighted by Gasteiger charge is -2.02. The molecule has 0 bridgehead atoms. The van der Waals surface area contributed by atoms with Crippen LogP contribution in [0.4, 0.5) is 0 Å². The quantitative estimate of drug-likeness (QED) is 0.666. The Morgan fingerprint density at radius 2 is 2.36 bits per heavy atom. The van der Waals surface area contributed by atoms with Crippen molar-refractivity contribution in [3.8, 4) is 0 Å². The van der Waals surface area contributed by atoms with Crippen molar-refractivity contribution < 1.29 is 14.3 Å². The molecule has 5 nitrogen and oxygen atoms in total. The Labute approximate surface area is 82.1 Å². The molecule has 5 heteroatoms.